The molecule has 1 amide bonds. The molecule has 1 saturated heterocycles. The first-order valence-electron chi connectivity index (χ1n) is 12.0. The van der Waals surface area contributed by atoms with Crippen LogP contribution in [-0.4, -0.2) is 60.2 Å². The van der Waals surface area contributed by atoms with Crippen molar-refractivity contribution in [3.8, 4) is 5.75 Å². The summed E-state index contributed by atoms with van der Waals surface area (Å²) in [6.45, 7) is 3.24. The summed E-state index contributed by atoms with van der Waals surface area (Å²) in [5.74, 6) is 1.39. The molecule has 0 spiro atoms. The first kappa shape index (κ1) is 24.5. The number of likely N-dealkylation sites (N-methyl/N-ethyl adjacent to an activating group) is 1. The molecule has 3 aromatic rings. The second kappa shape index (κ2) is 12.2. The maximum absolute atomic E-state index is 13.2. The van der Waals surface area contributed by atoms with Crippen LogP contribution in [0.1, 0.15) is 33.6 Å². The molecule has 0 radical (unpaired) electrons. The SMILES string of the molecule is CN(C(=O)c1cccs1)[C@@H](Cc1ccccc1)C1CCN(Cc2cccc(OCCO)c2)CC1. The van der Waals surface area contributed by atoms with Crippen LogP contribution in [0.4, 0.5) is 0 Å². The van der Waals surface area contributed by atoms with E-state index in [1.807, 2.05) is 47.7 Å². The molecule has 1 fully saturated rings. The number of ether oxygens (including phenoxy) is 1. The summed E-state index contributed by atoms with van der Waals surface area (Å²) in [6.07, 6.45) is 3.02. The lowest BCUT2D eigenvalue weighted by Crippen LogP contribution is -2.47. The first-order chi connectivity index (χ1) is 16.6. The molecule has 5 nitrogen and oxygen atoms in total. The van der Waals surface area contributed by atoms with Gasteiger partial charge in [-0.25, -0.2) is 0 Å². The number of thiophene rings is 1. The molecule has 1 aliphatic heterocycles. The Morgan fingerprint density at radius 1 is 1.09 bits per heavy atom. The van der Waals surface area contributed by atoms with E-state index in [0.29, 0.717) is 12.5 Å². The van der Waals surface area contributed by atoms with E-state index in [4.69, 9.17) is 9.84 Å². The average Bonchev–Trinajstić information content (AvgIpc) is 3.42. The highest BCUT2D eigenvalue weighted by Gasteiger charge is 2.32. The van der Waals surface area contributed by atoms with Crippen molar-refractivity contribution in [1.82, 2.24) is 9.80 Å². The number of rotatable bonds is 10. The van der Waals surface area contributed by atoms with E-state index in [1.54, 1.807) is 0 Å². The highest BCUT2D eigenvalue weighted by atomic mass is 32.1. The zero-order chi connectivity index (χ0) is 23.8. The van der Waals surface area contributed by atoms with Crippen LogP contribution in [0.15, 0.2) is 72.1 Å². The number of likely N-dealkylation sites (tertiary alicyclic amines) is 1. The smallest absolute Gasteiger partial charge is 0.263 e. The van der Waals surface area contributed by atoms with Gasteiger partial charge in [0.15, 0.2) is 0 Å². The van der Waals surface area contributed by atoms with E-state index >= 15 is 0 Å². The van der Waals surface area contributed by atoms with E-state index in [2.05, 4.69) is 41.3 Å². The maximum Gasteiger partial charge on any atom is 0.263 e. The Morgan fingerprint density at radius 3 is 2.56 bits per heavy atom. The second-order valence-corrected chi connectivity index (χ2v) is 9.93. The normalized spacial score (nSPS) is 15.7. The molecule has 1 atom stereocenters. The lowest BCUT2D eigenvalue weighted by atomic mass is 9.84. The predicted octanol–water partition coefficient (Wildman–Crippen LogP) is 4.71. The Morgan fingerprint density at radius 2 is 1.85 bits per heavy atom. The third-order valence-electron chi connectivity index (χ3n) is 6.68. The highest BCUT2D eigenvalue weighted by Crippen LogP contribution is 2.29. The third-order valence-corrected chi connectivity index (χ3v) is 7.54. The first-order valence-corrected chi connectivity index (χ1v) is 12.9. The van der Waals surface area contributed by atoms with Gasteiger partial charge < -0.3 is 14.7 Å². The zero-order valence-electron chi connectivity index (χ0n) is 19.8. The molecule has 180 valence electrons. The molecule has 0 aliphatic carbocycles. The number of nitrogens with zero attached hydrogens (tertiary/aromatic N) is 2. The van der Waals surface area contributed by atoms with Gasteiger partial charge in [-0.05, 0) is 73.0 Å². The number of piperidine rings is 1. The minimum atomic E-state index is 0.0192. The number of benzene rings is 2. The molecule has 2 heterocycles. The van der Waals surface area contributed by atoms with Crippen LogP contribution in [-0.2, 0) is 13.0 Å². The number of carbonyl (C=O) groups excluding carboxylic acids is 1. The van der Waals surface area contributed by atoms with Gasteiger partial charge in [-0.3, -0.25) is 9.69 Å². The molecular formula is C28H34N2O3S. The van der Waals surface area contributed by atoms with E-state index in [0.717, 1.165) is 49.5 Å². The molecule has 1 N–H and O–H groups in total. The van der Waals surface area contributed by atoms with Gasteiger partial charge in [-0.15, -0.1) is 11.3 Å². The number of carbonyl (C=O) groups is 1. The Bertz CT molecular complexity index is 1020. The summed E-state index contributed by atoms with van der Waals surface area (Å²) in [4.78, 5) is 18.5. The van der Waals surface area contributed by atoms with Gasteiger partial charge >= 0.3 is 0 Å². The Labute approximate surface area is 206 Å². The fourth-order valence-corrected chi connectivity index (χ4v) is 5.56. The fraction of sp³-hybridized carbons (Fsp3) is 0.393. The second-order valence-electron chi connectivity index (χ2n) is 8.98. The minimum absolute atomic E-state index is 0.0192. The van der Waals surface area contributed by atoms with E-state index in [1.165, 1.54) is 22.5 Å². The summed E-state index contributed by atoms with van der Waals surface area (Å²) in [7, 11) is 1.97. The van der Waals surface area contributed by atoms with Gasteiger partial charge in [-0.1, -0.05) is 48.5 Å². The number of aliphatic hydroxyl groups excluding tert-OH is 1. The molecule has 4 rings (SSSR count). The standard InChI is InChI=1S/C28H34N2O3S/c1-29(28(32)27-11-6-18-34-27)26(20-22-7-3-2-4-8-22)24-12-14-30(15-13-24)21-23-9-5-10-25(19-23)33-17-16-31/h2-11,18-19,24,26,31H,12-17,20-21H2,1H3/t26-/m0/s1. The van der Waals surface area contributed by atoms with Crippen molar-refractivity contribution in [2.24, 2.45) is 5.92 Å². The molecule has 1 aliphatic rings. The van der Waals surface area contributed by atoms with Gasteiger partial charge in [-0.2, -0.15) is 0 Å². The zero-order valence-corrected chi connectivity index (χ0v) is 20.6. The van der Waals surface area contributed by atoms with Gasteiger partial charge in [0.25, 0.3) is 5.91 Å². The van der Waals surface area contributed by atoms with E-state index in [9.17, 15) is 4.79 Å². The molecule has 6 heteroatoms. The molecule has 2 aromatic carbocycles. The Balaban J connectivity index is 1.40. The summed E-state index contributed by atoms with van der Waals surface area (Å²) >= 11 is 1.51. The molecule has 0 unspecified atom stereocenters. The highest BCUT2D eigenvalue weighted by molar-refractivity contribution is 7.12. The van der Waals surface area contributed by atoms with Crippen LogP contribution in [0, 0.1) is 5.92 Å². The molecular weight excluding hydrogens is 444 g/mol. The van der Waals surface area contributed by atoms with Crippen LogP contribution >= 0.6 is 11.3 Å². The Hall–Kier alpha value is -2.67. The molecule has 0 saturated carbocycles. The van der Waals surface area contributed by atoms with Crippen molar-refractivity contribution in [3.05, 3.63) is 88.1 Å². The van der Waals surface area contributed by atoms with Crippen molar-refractivity contribution in [3.63, 3.8) is 0 Å². The van der Waals surface area contributed by atoms with Gasteiger partial charge in [0.2, 0.25) is 0 Å². The van der Waals surface area contributed by atoms with Crippen LogP contribution in [0.25, 0.3) is 0 Å². The summed E-state index contributed by atoms with van der Waals surface area (Å²) in [6, 6.07) is 22.7. The van der Waals surface area contributed by atoms with Crippen LogP contribution in [0.3, 0.4) is 0 Å². The molecule has 1 aromatic heterocycles. The van der Waals surface area contributed by atoms with Crippen molar-refractivity contribution in [2.45, 2.75) is 31.8 Å². The monoisotopic (exact) mass is 478 g/mol. The topological polar surface area (TPSA) is 53.0 Å². The quantitative estimate of drug-likeness (QED) is 0.458. The summed E-state index contributed by atoms with van der Waals surface area (Å²) in [5.41, 5.74) is 2.50. The number of aliphatic hydroxyl groups is 1. The largest absolute Gasteiger partial charge is 0.491 e. The lowest BCUT2D eigenvalue weighted by molar-refractivity contribution is 0.0589. The number of hydrogen-bond acceptors (Lipinski definition) is 5. The minimum Gasteiger partial charge on any atom is -0.491 e. The summed E-state index contributed by atoms with van der Waals surface area (Å²) < 4.78 is 5.56. The third kappa shape index (κ3) is 6.47. The van der Waals surface area contributed by atoms with Gasteiger partial charge in [0.05, 0.1) is 11.5 Å². The lowest BCUT2D eigenvalue weighted by Gasteiger charge is -2.40. The number of hydrogen-bond donors (Lipinski definition) is 1. The predicted molar refractivity (Wildman–Crippen MR) is 137 cm³/mol. The molecule has 34 heavy (non-hydrogen) atoms. The van der Waals surface area contributed by atoms with Crippen molar-refractivity contribution in [2.75, 3.05) is 33.4 Å². The van der Waals surface area contributed by atoms with E-state index < -0.39 is 0 Å². The van der Waals surface area contributed by atoms with Crippen LogP contribution < -0.4 is 4.74 Å². The number of amides is 1. The molecule has 0 bridgehead atoms. The van der Waals surface area contributed by atoms with Crippen molar-refractivity contribution in [1.29, 1.82) is 0 Å². The fourth-order valence-electron chi connectivity index (χ4n) is 4.85. The maximum atomic E-state index is 13.2. The average molecular weight is 479 g/mol. The van der Waals surface area contributed by atoms with Crippen LogP contribution in [0.5, 0.6) is 5.75 Å². The van der Waals surface area contributed by atoms with E-state index in [-0.39, 0.29) is 18.6 Å². The summed E-state index contributed by atoms with van der Waals surface area (Å²) in [5, 5.41) is 11.0. The van der Waals surface area contributed by atoms with Crippen molar-refractivity contribution < 1.29 is 14.6 Å². The van der Waals surface area contributed by atoms with Crippen LogP contribution in [0.2, 0.25) is 0 Å². The Kier molecular flexibility index (Phi) is 8.74. The van der Waals surface area contributed by atoms with Crippen molar-refractivity contribution >= 4 is 17.2 Å². The van der Waals surface area contributed by atoms with Gasteiger partial charge in [0.1, 0.15) is 12.4 Å². The van der Waals surface area contributed by atoms with Gasteiger partial charge in [0, 0.05) is 19.6 Å².